The number of fused-ring (bicyclic) bond motifs is 2. The number of carboxylic acid groups (broad SMARTS) is 1. The van der Waals surface area contributed by atoms with Gasteiger partial charge in [0.2, 0.25) is 0 Å². The number of pyridine rings is 1. The van der Waals surface area contributed by atoms with Crippen LogP contribution < -0.4 is 9.47 Å². The SMILES string of the molecule is Cc1ccc(Oc2nc3nc(-c4cccc5c4OCC5)c(Cl)cc3[nH]2)cc1C(=O)O. The van der Waals surface area contributed by atoms with E-state index in [1.807, 2.05) is 18.2 Å². The summed E-state index contributed by atoms with van der Waals surface area (Å²) in [5.41, 5.74) is 4.41. The molecule has 2 aromatic carbocycles. The number of carboxylic acids is 1. The fourth-order valence-corrected chi connectivity index (χ4v) is 3.79. The molecular formula is C22H16ClN3O4. The molecule has 8 heteroatoms. The number of carbonyl (C=O) groups is 1. The number of para-hydroxylation sites is 1. The molecule has 3 heterocycles. The Morgan fingerprint density at radius 3 is 2.93 bits per heavy atom. The van der Waals surface area contributed by atoms with Crippen LogP contribution in [0, 0.1) is 6.92 Å². The van der Waals surface area contributed by atoms with Gasteiger partial charge in [-0.15, -0.1) is 0 Å². The number of halogens is 1. The van der Waals surface area contributed by atoms with Crippen molar-refractivity contribution in [2.45, 2.75) is 13.3 Å². The van der Waals surface area contributed by atoms with Gasteiger partial charge in [-0.25, -0.2) is 9.78 Å². The second kappa shape index (κ2) is 7.03. The van der Waals surface area contributed by atoms with E-state index in [1.165, 1.54) is 6.07 Å². The van der Waals surface area contributed by atoms with Crippen molar-refractivity contribution < 1.29 is 19.4 Å². The smallest absolute Gasteiger partial charge is 0.336 e. The van der Waals surface area contributed by atoms with Crippen LogP contribution >= 0.6 is 11.6 Å². The molecule has 0 bridgehead atoms. The number of benzene rings is 2. The topological polar surface area (TPSA) is 97.3 Å². The van der Waals surface area contributed by atoms with Gasteiger partial charge in [0.15, 0.2) is 5.65 Å². The molecule has 0 unspecified atom stereocenters. The van der Waals surface area contributed by atoms with Gasteiger partial charge >= 0.3 is 12.0 Å². The third-order valence-electron chi connectivity index (χ3n) is 5.03. The fourth-order valence-electron chi connectivity index (χ4n) is 3.54. The summed E-state index contributed by atoms with van der Waals surface area (Å²) >= 11 is 6.51. The first-order chi connectivity index (χ1) is 14.5. The Labute approximate surface area is 176 Å². The van der Waals surface area contributed by atoms with Crippen LogP contribution in [0.5, 0.6) is 17.5 Å². The Kier molecular flexibility index (Phi) is 4.33. The van der Waals surface area contributed by atoms with E-state index < -0.39 is 5.97 Å². The van der Waals surface area contributed by atoms with E-state index in [9.17, 15) is 9.90 Å². The molecule has 0 fully saturated rings. The third kappa shape index (κ3) is 3.13. The minimum absolute atomic E-state index is 0.171. The van der Waals surface area contributed by atoms with Crippen LogP contribution in [-0.4, -0.2) is 32.6 Å². The molecule has 1 aliphatic heterocycles. The number of aromatic amines is 1. The van der Waals surface area contributed by atoms with Crippen molar-refractivity contribution in [1.29, 1.82) is 0 Å². The molecule has 30 heavy (non-hydrogen) atoms. The number of hydrogen-bond acceptors (Lipinski definition) is 5. The van der Waals surface area contributed by atoms with Gasteiger partial charge in [-0.05, 0) is 42.3 Å². The Bertz CT molecular complexity index is 1320. The quantitative estimate of drug-likeness (QED) is 0.480. The molecule has 0 amide bonds. The standard InChI is InChI=1S/C22H16ClN3O4/c1-11-5-6-13(9-15(11)21(27)28)30-22-24-17-10-16(23)18(25-20(17)26-22)14-4-2-3-12-7-8-29-19(12)14/h2-6,9-10H,7-8H2,1H3,(H,27,28)(H,24,25,26). The van der Waals surface area contributed by atoms with Gasteiger partial charge in [0.25, 0.3) is 0 Å². The van der Waals surface area contributed by atoms with Crippen molar-refractivity contribution in [3.8, 4) is 28.8 Å². The second-order valence-electron chi connectivity index (χ2n) is 7.01. The van der Waals surface area contributed by atoms with Crippen molar-refractivity contribution in [2.75, 3.05) is 6.61 Å². The maximum Gasteiger partial charge on any atom is 0.336 e. The van der Waals surface area contributed by atoms with Gasteiger partial charge in [0.1, 0.15) is 11.5 Å². The van der Waals surface area contributed by atoms with Gasteiger partial charge in [-0.3, -0.25) is 0 Å². The lowest BCUT2D eigenvalue weighted by Crippen LogP contribution is -2.00. The Hall–Kier alpha value is -3.58. The normalized spacial score (nSPS) is 12.6. The second-order valence-corrected chi connectivity index (χ2v) is 7.42. The van der Waals surface area contributed by atoms with E-state index in [2.05, 4.69) is 15.0 Å². The molecular weight excluding hydrogens is 406 g/mol. The lowest BCUT2D eigenvalue weighted by Gasteiger charge is -2.08. The van der Waals surface area contributed by atoms with Gasteiger partial charge in [0, 0.05) is 12.0 Å². The molecule has 7 nitrogen and oxygen atoms in total. The Morgan fingerprint density at radius 2 is 2.10 bits per heavy atom. The lowest BCUT2D eigenvalue weighted by atomic mass is 10.1. The summed E-state index contributed by atoms with van der Waals surface area (Å²) < 4.78 is 11.5. The Morgan fingerprint density at radius 1 is 1.23 bits per heavy atom. The summed E-state index contributed by atoms with van der Waals surface area (Å²) in [4.78, 5) is 23.4. The molecule has 0 aliphatic carbocycles. The van der Waals surface area contributed by atoms with Gasteiger partial charge < -0.3 is 19.6 Å². The maximum atomic E-state index is 11.3. The summed E-state index contributed by atoms with van der Waals surface area (Å²) in [6.45, 7) is 2.37. The van der Waals surface area contributed by atoms with Crippen LogP contribution in [0.3, 0.4) is 0 Å². The number of imidazole rings is 1. The third-order valence-corrected chi connectivity index (χ3v) is 5.32. The summed E-state index contributed by atoms with van der Waals surface area (Å²) in [7, 11) is 0. The first-order valence-electron chi connectivity index (χ1n) is 9.33. The predicted octanol–water partition coefficient (Wildman–Crippen LogP) is 5.01. The minimum Gasteiger partial charge on any atom is -0.492 e. The Balaban J connectivity index is 1.53. The molecule has 5 rings (SSSR count). The van der Waals surface area contributed by atoms with Crippen LogP contribution in [-0.2, 0) is 6.42 Å². The van der Waals surface area contributed by atoms with Crippen LogP contribution in [0.2, 0.25) is 5.02 Å². The average molecular weight is 422 g/mol. The molecule has 0 saturated heterocycles. The van der Waals surface area contributed by atoms with Crippen LogP contribution in [0.1, 0.15) is 21.5 Å². The highest BCUT2D eigenvalue weighted by atomic mass is 35.5. The molecule has 0 spiro atoms. The predicted molar refractivity (Wildman–Crippen MR) is 112 cm³/mol. The largest absolute Gasteiger partial charge is 0.492 e. The van der Waals surface area contributed by atoms with Gasteiger partial charge in [0.05, 0.1) is 28.4 Å². The number of nitrogens with zero attached hydrogens (tertiary/aromatic N) is 2. The maximum absolute atomic E-state index is 11.3. The number of ether oxygens (including phenoxy) is 2. The highest BCUT2D eigenvalue weighted by Gasteiger charge is 2.21. The zero-order valence-electron chi connectivity index (χ0n) is 15.9. The van der Waals surface area contributed by atoms with Gasteiger partial charge in [-0.2, -0.15) is 4.98 Å². The number of aromatic nitrogens is 3. The number of rotatable bonds is 4. The highest BCUT2D eigenvalue weighted by Crippen LogP contribution is 2.39. The number of aromatic carboxylic acids is 1. The summed E-state index contributed by atoms with van der Waals surface area (Å²) in [6, 6.07) is 12.7. The molecule has 0 saturated carbocycles. The highest BCUT2D eigenvalue weighted by molar-refractivity contribution is 6.33. The first kappa shape index (κ1) is 18.4. The van der Waals surface area contributed by atoms with E-state index in [4.69, 9.17) is 21.1 Å². The summed E-state index contributed by atoms with van der Waals surface area (Å²) in [5.74, 6) is 0.148. The van der Waals surface area contributed by atoms with E-state index in [1.54, 1.807) is 25.1 Å². The average Bonchev–Trinajstić information content (AvgIpc) is 3.34. The van der Waals surface area contributed by atoms with Crippen molar-refractivity contribution in [3.05, 3.63) is 64.2 Å². The van der Waals surface area contributed by atoms with Crippen molar-refractivity contribution >= 4 is 28.7 Å². The van der Waals surface area contributed by atoms with E-state index in [0.29, 0.717) is 39.8 Å². The molecule has 4 aromatic rings. The zero-order valence-corrected chi connectivity index (χ0v) is 16.7. The van der Waals surface area contributed by atoms with Crippen LogP contribution in [0.15, 0.2) is 42.5 Å². The summed E-state index contributed by atoms with van der Waals surface area (Å²) in [5, 5.41) is 9.76. The molecule has 2 aromatic heterocycles. The van der Waals surface area contributed by atoms with Crippen LogP contribution in [0.25, 0.3) is 22.4 Å². The fraction of sp³-hybridized carbons (Fsp3) is 0.136. The number of nitrogens with one attached hydrogen (secondary N) is 1. The van der Waals surface area contributed by atoms with Crippen molar-refractivity contribution in [2.24, 2.45) is 0 Å². The number of aryl methyl sites for hydroxylation is 1. The summed E-state index contributed by atoms with van der Waals surface area (Å²) in [6.07, 6.45) is 0.859. The van der Waals surface area contributed by atoms with Crippen molar-refractivity contribution in [1.82, 2.24) is 15.0 Å². The molecule has 150 valence electrons. The molecule has 2 N–H and O–H groups in total. The minimum atomic E-state index is -1.02. The molecule has 0 atom stereocenters. The number of H-pyrrole nitrogens is 1. The zero-order chi connectivity index (χ0) is 20.8. The molecule has 1 aliphatic rings. The van der Waals surface area contributed by atoms with E-state index in [0.717, 1.165) is 23.3 Å². The van der Waals surface area contributed by atoms with Gasteiger partial charge in [-0.1, -0.05) is 29.8 Å². The molecule has 0 radical (unpaired) electrons. The van der Waals surface area contributed by atoms with Crippen molar-refractivity contribution in [3.63, 3.8) is 0 Å². The van der Waals surface area contributed by atoms with E-state index >= 15 is 0 Å². The lowest BCUT2D eigenvalue weighted by molar-refractivity contribution is 0.0695. The monoisotopic (exact) mass is 421 g/mol. The number of hydrogen-bond donors (Lipinski definition) is 2. The van der Waals surface area contributed by atoms with E-state index in [-0.39, 0.29) is 11.6 Å². The van der Waals surface area contributed by atoms with Crippen LogP contribution in [0.4, 0.5) is 0 Å². The first-order valence-corrected chi connectivity index (χ1v) is 9.70.